The zero-order chi connectivity index (χ0) is 13.3. The highest BCUT2D eigenvalue weighted by atomic mass is 19.1. The second-order valence-corrected chi connectivity index (χ2v) is 4.38. The molecule has 0 aliphatic heterocycles. The Hall–Kier alpha value is -1.68. The van der Waals surface area contributed by atoms with Crippen LogP contribution in [0.15, 0.2) is 18.2 Å². The third kappa shape index (κ3) is 2.04. The number of aryl methyl sites for hydroxylation is 1. The topological polar surface area (TPSA) is 34.0 Å². The standard InChI is InChI=1S/C14H17FN2O/c1-4-16-8-13(18)14-9(2)17(3)12-7-10(15)5-6-11(12)14/h5-7,16H,4,8H2,1-3H3. The Kier molecular flexibility index (Phi) is 3.48. The maximum absolute atomic E-state index is 13.3. The number of carbonyl (C=O) groups excluding carboxylic acids is 1. The van der Waals surface area contributed by atoms with Crippen LogP contribution in [0.4, 0.5) is 4.39 Å². The molecule has 4 heteroatoms. The number of benzene rings is 1. The van der Waals surface area contributed by atoms with Crippen LogP contribution in [0.1, 0.15) is 23.0 Å². The number of hydrogen-bond donors (Lipinski definition) is 1. The number of likely N-dealkylation sites (N-methyl/N-ethyl adjacent to an activating group) is 1. The van der Waals surface area contributed by atoms with Crippen LogP contribution in [0.3, 0.4) is 0 Å². The highest BCUT2D eigenvalue weighted by Gasteiger charge is 2.18. The molecule has 0 aliphatic rings. The van der Waals surface area contributed by atoms with Gasteiger partial charge in [-0.15, -0.1) is 0 Å². The molecule has 1 N–H and O–H groups in total. The Morgan fingerprint density at radius 1 is 1.44 bits per heavy atom. The summed E-state index contributed by atoms with van der Waals surface area (Å²) in [6.45, 7) is 4.91. The van der Waals surface area contributed by atoms with Crippen LogP contribution < -0.4 is 5.32 Å². The summed E-state index contributed by atoms with van der Waals surface area (Å²) in [4.78, 5) is 12.2. The molecule has 96 valence electrons. The summed E-state index contributed by atoms with van der Waals surface area (Å²) in [7, 11) is 1.85. The maximum Gasteiger partial charge on any atom is 0.179 e. The van der Waals surface area contributed by atoms with Gasteiger partial charge in [0.1, 0.15) is 5.82 Å². The number of aromatic nitrogens is 1. The molecule has 18 heavy (non-hydrogen) atoms. The van der Waals surface area contributed by atoms with Crippen molar-refractivity contribution in [2.45, 2.75) is 13.8 Å². The molecule has 0 amide bonds. The molecule has 1 aromatic carbocycles. The van der Waals surface area contributed by atoms with E-state index in [1.165, 1.54) is 12.1 Å². The van der Waals surface area contributed by atoms with E-state index < -0.39 is 0 Å². The van der Waals surface area contributed by atoms with E-state index in [-0.39, 0.29) is 11.6 Å². The lowest BCUT2D eigenvalue weighted by Gasteiger charge is -2.02. The van der Waals surface area contributed by atoms with Crippen LogP contribution in [0.5, 0.6) is 0 Å². The summed E-state index contributed by atoms with van der Waals surface area (Å²) in [5.41, 5.74) is 2.32. The summed E-state index contributed by atoms with van der Waals surface area (Å²) < 4.78 is 15.1. The van der Waals surface area contributed by atoms with Crippen molar-refractivity contribution in [2.24, 2.45) is 7.05 Å². The SMILES string of the molecule is CCNCC(=O)c1c(C)n(C)c2cc(F)ccc12. The van der Waals surface area contributed by atoms with Gasteiger partial charge in [-0.1, -0.05) is 6.92 Å². The first-order valence-corrected chi connectivity index (χ1v) is 6.04. The first-order chi connectivity index (χ1) is 8.56. The summed E-state index contributed by atoms with van der Waals surface area (Å²) >= 11 is 0. The van der Waals surface area contributed by atoms with Gasteiger partial charge in [0.2, 0.25) is 0 Å². The van der Waals surface area contributed by atoms with E-state index in [1.807, 2.05) is 25.5 Å². The third-order valence-electron chi connectivity index (χ3n) is 3.27. The fourth-order valence-corrected chi connectivity index (χ4v) is 2.22. The normalized spacial score (nSPS) is 11.1. The Morgan fingerprint density at radius 2 is 2.17 bits per heavy atom. The molecule has 1 aromatic heterocycles. The maximum atomic E-state index is 13.3. The van der Waals surface area contributed by atoms with E-state index in [0.29, 0.717) is 12.1 Å². The molecule has 0 unspecified atom stereocenters. The van der Waals surface area contributed by atoms with Gasteiger partial charge in [-0.3, -0.25) is 4.79 Å². The molecule has 0 saturated heterocycles. The van der Waals surface area contributed by atoms with Gasteiger partial charge in [0.05, 0.1) is 12.1 Å². The minimum Gasteiger partial charge on any atom is -0.347 e. The molecule has 1 heterocycles. The summed E-state index contributed by atoms with van der Waals surface area (Å²) in [5, 5.41) is 3.84. The fourth-order valence-electron chi connectivity index (χ4n) is 2.22. The van der Waals surface area contributed by atoms with E-state index in [0.717, 1.165) is 23.1 Å². The molecular weight excluding hydrogens is 231 g/mol. The number of ketones is 1. The molecule has 2 aromatic rings. The van der Waals surface area contributed by atoms with Gasteiger partial charge >= 0.3 is 0 Å². The van der Waals surface area contributed by atoms with E-state index in [1.54, 1.807) is 6.07 Å². The summed E-state index contributed by atoms with van der Waals surface area (Å²) in [6.07, 6.45) is 0. The minimum absolute atomic E-state index is 0.0477. The van der Waals surface area contributed by atoms with Gasteiger partial charge in [-0.25, -0.2) is 4.39 Å². The molecule has 2 rings (SSSR count). The average Bonchev–Trinajstić information content (AvgIpc) is 2.60. The number of carbonyl (C=O) groups is 1. The number of fused-ring (bicyclic) bond motifs is 1. The molecule has 0 spiro atoms. The van der Waals surface area contributed by atoms with Crippen molar-refractivity contribution in [1.29, 1.82) is 0 Å². The van der Waals surface area contributed by atoms with Gasteiger partial charge in [0.25, 0.3) is 0 Å². The first-order valence-electron chi connectivity index (χ1n) is 6.04. The predicted molar refractivity (Wildman–Crippen MR) is 70.5 cm³/mol. The van der Waals surface area contributed by atoms with Crippen molar-refractivity contribution in [3.8, 4) is 0 Å². The molecule has 0 aliphatic carbocycles. The van der Waals surface area contributed by atoms with Crippen LogP contribution in [0.2, 0.25) is 0 Å². The molecule has 0 bridgehead atoms. The molecule has 0 fully saturated rings. The second kappa shape index (κ2) is 4.90. The Bertz CT molecular complexity index is 601. The predicted octanol–water partition coefficient (Wildman–Crippen LogP) is 2.42. The number of Topliss-reactive ketones (excluding diaryl/α,β-unsaturated/α-hetero) is 1. The van der Waals surface area contributed by atoms with E-state index >= 15 is 0 Å². The van der Waals surface area contributed by atoms with Gasteiger partial charge in [0.15, 0.2) is 5.78 Å². The van der Waals surface area contributed by atoms with Crippen LogP contribution >= 0.6 is 0 Å². The van der Waals surface area contributed by atoms with Gasteiger partial charge in [0, 0.05) is 23.7 Å². The summed E-state index contributed by atoms with van der Waals surface area (Å²) in [5.74, 6) is -0.236. The van der Waals surface area contributed by atoms with Crippen molar-refractivity contribution in [1.82, 2.24) is 9.88 Å². The van der Waals surface area contributed by atoms with Crippen molar-refractivity contribution < 1.29 is 9.18 Å². The number of nitrogens with one attached hydrogen (secondary N) is 1. The second-order valence-electron chi connectivity index (χ2n) is 4.38. The minimum atomic E-state index is -0.284. The number of hydrogen-bond acceptors (Lipinski definition) is 2. The molecule has 3 nitrogen and oxygen atoms in total. The zero-order valence-corrected chi connectivity index (χ0v) is 10.9. The number of halogens is 1. The van der Waals surface area contributed by atoms with Crippen LogP contribution in [0.25, 0.3) is 10.9 Å². The van der Waals surface area contributed by atoms with E-state index in [4.69, 9.17) is 0 Å². The monoisotopic (exact) mass is 248 g/mol. The van der Waals surface area contributed by atoms with Crippen molar-refractivity contribution >= 4 is 16.7 Å². The average molecular weight is 248 g/mol. The molecule has 0 radical (unpaired) electrons. The molecule has 0 atom stereocenters. The van der Waals surface area contributed by atoms with E-state index in [2.05, 4.69) is 5.32 Å². The van der Waals surface area contributed by atoms with Crippen LogP contribution in [0, 0.1) is 12.7 Å². The van der Waals surface area contributed by atoms with E-state index in [9.17, 15) is 9.18 Å². The lowest BCUT2D eigenvalue weighted by molar-refractivity contribution is 0.0992. The largest absolute Gasteiger partial charge is 0.347 e. The summed E-state index contributed by atoms with van der Waals surface area (Å²) in [6, 6.07) is 4.54. The lowest BCUT2D eigenvalue weighted by atomic mass is 10.1. The third-order valence-corrected chi connectivity index (χ3v) is 3.27. The van der Waals surface area contributed by atoms with Gasteiger partial charge < -0.3 is 9.88 Å². The van der Waals surface area contributed by atoms with Crippen LogP contribution in [-0.2, 0) is 7.05 Å². The number of nitrogens with zero attached hydrogens (tertiary/aromatic N) is 1. The van der Waals surface area contributed by atoms with Gasteiger partial charge in [-0.2, -0.15) is 0 Å². The Morgan fingerprint density at radius 3 is 2.83 bits per heavy atom. The fraction of sp³-hybridized carbons (Fsp3) is 0.357. The Labute approximate surface area is 106 Å². The number of rotatable bonds is 4. The highest BCUT2D eigenvalue weighted by molar-refractivity contribution is 6.10. The first kappa shape index (κ1) is 12.8. The Balaban J connectivity index is 2.57. The smallest absolute Gasteiger partial charge is 0.179 e. The van der Waals surface area contributed by atoms with Gasteiger partial charge in [-0.05, 0) is 31.7 Å². The van der Waals surface area contributed by atoms with Crippen molar-refractivity contribution in [3.63, 3.8) is 0 Å². The van der Waals surface area contributed by atoms with Crippen LogP contribution in [-0.4, -0.2) is 23.4 Å². The molecular formula is C14H17FN2O. The lowest BCUT2D eigenvalue weighted by Crippen LogP contribution is -2.23. The highest BCUT2D eigenvalue weighted by Crippen LogP contribution is 2.25. The zero-order valence-electron chi connectivity index (χ0n) is 10.9. The molecule has 0 saturated carbocycles. The van der Waals surface area contributed by atoms with Crippen molar-refractivity contribution in [3.05, 3.63) is 35.3 Å². The quantitative estimate of drug-likeness (QED) is 0.843. The van der Waals surface area contributed by atoms with Crippen molar-refractivity contribution in [2.75, 3.05) is 13.1 Å².